The molecule has 0 unspecified atom stereocenters. The van der Waals surface area contributed by atoms with Gasteiger partial charge in [-0.2, -0.15) is 0 Å². The van der Waals surface area contributed by atoms with Crippen LogP contribution in [-0.4, -0.2) is 27.2 Å². The van der Waals surface area contributed by atoms with Crippen LogP contribution >= 0.6 is 0 Å². The molecular formula is C9H12FeN7. The van der Waals surface area contributed by atoms with Crippen LogP contribution in [0.15, 0.2) is 0 Å². The molecule has 0 aliphatic rings. The van der Waals surface area contributed by atoms with Gasteiger partial charge in [-0.25, -0.2) is 0 Å². The largest absolute Gasteiger partial charge is 5.00 e. The van der Waals surface area contributed by atoms with Gasteiger partial charge in [-0.05, 0) is 14.1 Å². The van der Waals surface area contributed by atoms with Gasteiger partial charge in [0.05, 0.1) is 0 Å². The zero-order chi connectivity index (χ0) is 14.8. The van der Waals surface area contributed by atoms with E-state index in [-0.39, 0.29) is 17.1 Å². The van der Waals surface area contributed by atoms with Crippen LogP contribution in [0.1, 0.15) is 0 Å². The first kappa shape index (κ1) is 46.1. The molecule has 0 rings (SSSR count). The summed E-state index contributed by atoms with van der Waals surface area (Å²) in [6, 6.07) is 0. The van der Waals surface area contributed by atoms with E-state index in [1.54, 1.807) is 0 Å². The van der Waals surface area contributed by atoms with Gasteiger partial charge in [-0.15, -0.1) is 0 Å². The van der Waals surface area contributed by atoms with Crippen LogP contribution < -0.4 is 10.6 Å². The summed E-state index contributed by atoms with van der Waals surface area (Å²) in [5.74, 6) is 0. The van der Waals surface area contributed by atoms with Crippen LogP contribution in [0.5, 0.6) is 0 Å². The van der Waals surface area contributed by atoms with Crippen molar-refractivity contribution in [2.24, 2.45) is 0 Å². The van der Waals surface area contributed by atoms with Crippen LogP contribution in [0.2, 0.25) is 0 Å². The molecule has 91 valence electrons. The van der Waals surface area contributed by atoms with Crippen molar-refractivity contribution in [1.82, 2.24) is 10.6 Å². The van der Waals surface area contributed by atoms with Gasteiger partial charge in [0.1, 0.15) is 0 Å². The summed E-state index contributed by atoms with van der Waals surface area (Å²) in [7, 11) is 3.88. The third-order valence-corrected chi connectivity index (χ3v) is 0.625. The predicted molar refractivity (Wildman–Crippen MR) is 52.7 cm³/mol. The van der Waals surface area contributed by atoms with Crippen LogP contribution in [0.3, 0.4) is 0 Å². The van der Waals surface area contributed by atoms with E-state index in [4.69, 9.17) is 59.2 Å². The van der Waals surface area contributed by atoms with Crippen molar-refractivity contribution >= 4 is 0 Å². The Labute approximate surface area is 114 Å². The van der Waals surface area contributed by atoms with Crippen LogP contribution in [0.4, 0.5) is 0 Å². The smallest absolute Gasteiger partial charge is 0.512 e. The second-order valence-corrected chi connectivity index (χ2v) is 1.21. The molecule has 2 N–H and O–H groups in total. The molecule has 8 heteroatoms. The van der Waals surface area contributed by atoms with Crippen LogP contribution in [0.25, 0.3) is 0 Å². The van der Waals surface area contributed by atoms with E-state index in [0.717, 1.165) is 13.1 Å². The zero-order valence-corrected chi connectivity index (χ0v) is 10.6. The second kappa shape index (κ2) is 646. The van der Waals surface area contributed by atoms with Crippen molar-refractivity contribution in [2.45, 2.75) is 0 Å². The maximum Gasteiger partial charge on any atom is 5.00 e. The Bertz CT molecular complexity index is 120. The van der Waals surface area contributed by atoms with E-state index in [1.807, 2.05) is 14.1 Å². The number of nitrogens with one attached hydrogen (secondary N) is 2. The Morgan fingerprint density at radius 2 is 0.706 bits per heavy atom. The van der Waals surface area contributed by atoms with Crippen molar-refractivity contribution in [3.05, 3.63) is 32.9 Å². The molecule has 0 aromatic heterocycles. The minimum Gasteiger partial charge on any atom is -0.512 e. The number of rotatable bonds is 3. The number of hydrogen-bond acceptors (Lipinski definition) is 7. The first-order valence-electron chi connectivity index (χ1n) is 3.33. The minimum absolute atomic E-state index is 0. The topological polar surface area (TPSA) is 143 Å². The van der Waals surface area contributed by atoms with Crippen molar-refractivity contribution < 1.29 is 17.1 Å². The maximum atomic E-state index is 6.25. The molecule has 0 saturated carbocycles. The van der Waals surface area contributed by atoms with E-state index in [0.29, 0.717) is 0 Å². The average Bonchev–Trinajstić information content (AvgIpc) is 2.47. The number of hydrogen-bond donors (Lipinski definition) is 2. The van der Waals surface area contributed by atoms with E-state index in [2.05, 4.69) is 10.6 Å². The summed E-state index contributed by atoms with van der Waals surface area (Å²) < 4.78 is 0. The Kier molecular flexibility index (Phi) is 1750. The normalized spacial score (nSPS) is 3.76. The van der Waals surface area contributed by atoms with Crippen molar-refractivity contribution in [1.29, 1.82) is 26.3 Å². The van der Waals surface area contributed by atoms with Gasteiger partial charge in [0.25, 0.3) is 0 Å². The fourth-order valence-corrected chi connectivity index (χ4v) is 0.250. The van der Waals surface area contributed by atoms with Crippen molar-refractivity contribution in [3.8, 4) is 0 Å². The van der Waals surface area contributed by atoms with Gasteiger partial charge in [0, 0.05) is 13.1 Å². The molecule has 1 radical (unpaired) electrons. The molecule has 0 aliphatic heterocycles. The fourth-order valence-electron chi connectivity index (χ4n) is 0.250. The minimum atomic E-state index is 0. The molecule has 0 aliphatic carbocycles. The summed E-state index contributed by atoms with van der Waals surface area (Å²) in [6.45, 7) is 25.9. The molecule has 0 amide bonds. The fraction of sp³-hybridized carbons (Fsp3) is 0.444. The van der Waals surface area contributed by atoms with Gasteiger partial charge >= 0.3 is 17.1 Å². The molecule has 0 spiro atoms. The average molecular weight is 274 g/mol. The molecule has 0 fully saturated rings. The van der Waals surface area contributed by atoms with Crippen LogP contribution in [-0.2, 0) is 17.1 Å². The van der Waals surface area contributed by atoms with Gasteiger partial charge < -0.3 is 69.8 Å². The van der Waals surface area contributed by atoms with E-state index in [1.165, 1.54) is 0 Å². The quantitative estimate of drug-likeness (QED) is 0.415. The molecule has 0 aromatic rings. The van der Waals surface area contributed by atoms with E-state index >= 15 is 0 Å². The summed E-state index contributed by atoms with van der Waals surface area (Å²) in [5.41, 5.74) is 0. The Balaban J connectivity index is -0.0000000158. The third kappa shape index (κ3) is 2480. The zero-order valence-electron chi connectivity index (χ0n) is 9.50. The monoisotopic (exact) mass is 274 g/mol. The molecule has 0 saturated heterocycles. The third-order valence-electron chi connectivity index (χ3n) is 0.625. The van der Waals surface area contributed by atoms with Gasteiger partial charge in [0.2, 0.25) is 0 Å². The van der Waals surface area contributed by atoms with Crippen molar-refractivity contribution in [2.75, 3.05) is 27.2 Å². The van der Waals surface area contributed by atoms with Gasteiger partial charge in [0.15, 0.2) is 0 Å². The number of nitrogens with zero attached hydrogens (tertiary/aromatic N) is 5. The summed E-state index contributed by atoms with van der Waals surface area (Å²) in [5, 5.41) is 37.3. The molecular weight excluding hydrogens is 262 g/mol. The SMILES string of the molecule is CNCCNC.[C-]#N.[C-]#N.[C-]#N.[C-]#N.[C-]#N.[Fe+5]. The summed E-state index contributed by atoms with van der Waals surface area (Å²) in [6.07, 6.45) is 0. The van der Waals surface area contributed by atoms with E-state index < -0.39 is 0 Å². The van der Waals surface area contributed by atoms with Crippen molar-refractivity contribution in [3.63, 3.8) is 0 Å². The molecule has 7 nitrogen and oxygen atoms in total. The number of likely N-dealkylation sites (N-methyl/N-ethyl adjacent to an activating group) is 2. The molecule has 0 atom stereocenters. The van der Waals surface area contributed by atoms with Gasteiger partial charge in [-0.1, -0.05) is 0 Å². The second-order valence-electron chi connectivity index (χ2n) is 1.21. The molecule has 0 heterocycles. The van der Waals surface area contributed by atoms with Crippen LogP contribution in [0, 0.1) is 59.2 Å². The molecule has 0 bridgehead atoms. The first-order valence-corrected chi connectivity index (χ1v) is 3.33. The Hall–Kier alpha value is -2.11. The van der Waals surface area contributed by atoms with Gasteiger partial charge in [-0.3, -0.25) is 0 Å². The Morgan fingerprint density at radius 3 is 0.765 bits per heavy atom. The summed E-state index contributed by atoms with van der Waals surface area (Å²) >= 11 is 0. The van der Waals surface area contributed by atoms with E-state index in [9.17, 15) is 0 Å². The predicted octanol–water partition coefficient (Wildman–Crippen LogP) is -0.0954. The molecule has 17 heavy (non-hydrogen) atoms. The molecule has 0 aromatic carbocycles. The standard InChI is InChI=1S/C4H12N2.5CN.Fe/c1-5-3-4-6-2;5*1-2;/h5-6H,3-4H2,1-2H3;;;;;;/q;5*-1;+5. The first-order chi connectivity index (χ1) is 7.91. The Morgan fingerprint density at radius 1 is 0.588 bits per heavy atom. The summed E-state index contributed by atoms with van der Waals surface area (Å²) in [4.78, 5) is 0. The maximum absolute atomic E-state index is 6.25.